The first kappa shape index (κ1) is 17.3. The lowest BCUT2D eigenvalue weighted by molar-refractivity contribution is -0.123. The van der Waals surface area contributed by atoms with E-state index in [0.29, 0.717) is 0 Å². The lowest BCUT2D eigenvalue weighted by Gasteiger charge is -2.25. The standard InChI is InChI=1S/C17H25N3O3/c1-12(21)19-16(13-5-7-15(23-2)8-6-13)10-17(22)20-14-4-3-9-18-11-14/h5-8,14,16,18H,3-4,9-11H2,1-2H3,(H,19,21)(H,20,22)/t14-,16?/m0/s1. The second kappa shape index (κ2) is 8.53. The van der Waals surface area contributed by atoms with Gasteiger partial charge in [-0.15, -0.1) is 0 Å². The van der Waals surface area contributed by atoms with E-state index < -0.39 is 0 Å². The molecule has 1 aromatic carbocycles. The highest BCUT2D eigenvalue weighted by Gasteiger charge is 2.20. The number of piperidine rings is 1. The molecule has 1 heterocycles. The number of hydrogen-bond donors (Lipinski definition) is 3. The van der Waals surface area contributed by atoms with Gasteiger partial charge in [-0.25, -0.2) is 0 Å². The van der Waals surface area contributed by atoms with Gasteiger partial charge in [-0.3, -0.25) is 9.59 Å². The van der Waals surface area contributed by atoms with Gasteiger partial charge in [-0.2, -0.15) is 0 Å². The lowest BCUT2D eigenvalue weighted by Crippen LogP contribution is -2.46. The molecule has 23 heavy (non-hydrogen) atoms. The summed E-state index contributed by atoms with van der Waals surface area (Å²) >= 11 is 0. The van der Waals surface area contributed by atoms with Gasteiger partial charge in [-0.05, 0) is 37.1 Å². The molecule has 6 heteroatoms. The van der Waals surface area contributed by atoms with Gasteiger partial charge in [0.05, 0.1) is 19.6 Å². The number of nitrogens with one attached hydrogen (secondary N) is 3. The van der Waals surface area contributed by atoms with Crippen molar-refractivity contribution < 1.29 is 14.3 Å². The van der Waals surface area contributed by atoms with Crippen LogP contribution in [0.3, 0.4) is 0 Å². The van der Waals surface area contributed by atoms with Crippen molar-refractivity contribution in [2.24, 2.45) is 0 Å². The summed E-state index contributed by atoms with van der Waals surface area (Å²) < 4.78 is 5.14. The minimum Gasteiger partial charge on any atom is -0.497 e. The Morgan fingerprint density at radius 2 is 2.09 bits per heavy atom. The molecule has 1 aliphatic rings. The summed E-state index contributed by atoms with van der Waals surface area (Å²) in [7, 11) is 1.60. The van der Waals surface area contributed by atoms with Crippen LogP contribution in [0.1, 0.15) is 37.8 Å². The van der Waals surface area contributed by atoms with E-state index in [4.69, 9.17) is 4.74 Å². The number of rotatable bonds is 6. The zero-order valence-corrected chi connectivity index (χ0v) is 13.7. The van der Waals surface area contributed by atoms with Gasteiger partial charge in [0.1, 0.15) is 5.75 Å². The molecular weight excluding hydrogens is 294 g/mol. The molecule has 0 aliphatic carbocycles. The van der Waals surface area contributed by atoms with Gasteiger partial charge < -0.3 is 20.7 Å². The molecule has 2 rings (SSSR count). The maximum atomic E-state index is 12.3. The summed E-state index contributed by atoms with van der Waals surface area (Å²) in [6.07, 6.45) is 2.28. The Morgan fingerprint density at radius 3 is 2.65 bits per heavy atom. The number of benzene rings is 1. The van der Waals surface area contributed by atoms with Gasteiger partial charge in [0.15, 0.2) is 0 Å². The predicted molar refractivity (Wildman–Crippen MR) is 88.2 cm³/mol. The first-order chi connectivity index (χ1) is 11.1. The minimum absolute atomic E-state index is 0.0479. The maximum Gasteiger partial charge on any atom is 0.222 e. The second-order valence-corrected chi connectivity index (χ2v) is 5.84. The Hall–Kier alpha value is -2.08. The van der Waals surface area contributed by atoms with E-state index in [1.807, 2.05) is 24.3 Å². The third kappa shape index (κ3) is 5.56. The highest BCUT2D eigenvalue weighted by Crippen LogP contribution is 2.20. The fraction of sp³-hybridized carbons (Fsp3) is 0.529. The van der Waals surface area contributed by atoms with E-state index in [0.717, 1.165) is 37.2 Å². The highest BCUT2D eigenvalue weighted by molar-refractivity contribution is 5.79. The van der Waals surface area contributed by atoms with Crippen LogP contribution in [0.15, 0.2) is 24.3 Å². The molecule has 1 fully saturated rings. The van der Waals surface area contributed by atoms with Crippen LogP contribution in [0.4, 0.5) is 0 Å². The monoisotopic (exact) mass is 319 g/mol. The molecule has 1 saturated heterocycles. The van der Waals surface area contributed by atoms with Crippen molar-refractivity contribution in [1.29, 1.82) is 0 Å². The largest absolute Gasteiger partial charge is 0.497 e. The normalized spacial score (nSPS) is 18.8. The Bertz CT molecular complexity index is 524. The van der Waals surface area contributed by atoms with Gasteiger partial charge in [0, 0.05) is 19.5 Å². The van der Waals surface area contributed by atoms with Crippen LogP contribution in [0.2, 0.25) is 0 Å². The second-order valence-electron chi connectivity index (χ2n) is 5.84. The smallest absolute Gasteiger partial charge is 0.222 e. The molecule has 3 N–H and O–H groups in total. The van der Waals surface area contributed by atoms with Gasteiger partial charge in [-0.1, -0.05) is 12.1 Å². The fourth-order valence-corrected chi connectivity index (χ4v) is 2.78. The third-order valence-electron chi connectivity index (χ3n) is 3.95. The third-order valence-corrected chi connectivity index (χ3v) is 3.95. The van der Waals surface area contributed by atoms with Crippen molar-refractivity contribution >= 4 is 11.8 Å². The molecule has 6 nitrogen and oxygen atoms in total. The van der Waals surface area contributed by atoms with Crippen LogP contribution in [-0.2, 0) is 9.59 Å². The van der Waals surface area contributed by atoms with E-state index in [2.05, 4.69) is 16.0 Å². The number of carbonyl (C=O) groups is 2. The van der Waals surface area contributed by atoms with Crippen molar-refractivity contribution in [2.75, 3.05) is 20.2 Å². The highest BCUT2D eigenvalue weighted by atomic mass is 16.5. The van der Waals surface area contributed by atoms with E-state index in [9.17, 15) is 9.59 Å². The Morgan fingerprint density at radius 1 is 1.35 bits per heavy atom. The van der Waals surface area contributed by atoms with Crippen molar-refractivity contribution in [3.63, 3.8) is 0 Å². The SMILES string of the molecule is COc1ccc(C(CC(=O)N[C@H]2CCCNC2)NC(C)=O)cc1. The van der Waals surface area contributed by atoms with Crippen LogP contribution >= 0.6 is 0 Å². The van der Waals surface area contributed by atoms with Crippen molar-refractivity contribution in [2.45, 2.75) is 38.3 Å². The predicted octanol–water partition coefficient (Wildman–Crippen LogP) is 1.13. The summed E-state index contributed by atoms with van der Waals surface area (Å²) in [5.74, 6) is 0.541. The molecule has 0 radical (unpaired) electrons. The quantitative estimate of drug-likeness (QED) is 0.734. The molecule has 2 atom stereocenters. The topological polar surface area (TPSA) is 79.5 Å². The number of hydrogen-bond acceptors (Lipinski definition) is 4. The average Bonchev–Trinajstić information content (AvgIpc) is 2.55. The molecule has 126 valence electrons. The number of ether oxygens (including phenoxy) is 1. The Kier molecular flexibility index (Phi) is 6.40. The summed E-state index contributed by atoms with van der Waals surface area (Å²) in [6.45, 7) is 3.27. The van der Waals surface area contributed by atoms with E-state index in [1.165, 1.54) is 6.92 Å². The molecule has 2 amide bonds. The molecule has 1 aromatic rings. The van der Waals surface area contributed by atoms with E-state index in [1.54, 1.807) is 7.11 Å². The minimum atomic E-state index is -0.338. The molecule has 0 spiro atoms. The van der Waals surface area contributed by atoms with Gasteiger partial charge in [0.25, 0.3) is 0 Å². The van der Waals surface area contributed by atoms with E-state index >= 15 is 0 Å². The summed E-state index contributed by atoms with van der Waals surface area (Å²) in [6, 6.07) is 7.23. The molecule has 1 aliphatic heterocycles. The molecular formula is C17H25N3O3. The number of amides is 2. The van der Waals surface area contributed by atoms with Crippen molar-refractivity contribution in [3.05, 3.63) is 29.8 Å². The zero-order valence-electron chi connectivity index (χ0n) is 13.7. The molecule has 1 unspecified atom stereocenters. The lowest BCUT2D eigenvalue weighted by atomic mass is 10.0. The maximum absolute atomic E-state index is 12.3. The van der Waals surface area contributed by atoms with Crippen molar-refractivity contribution in [3.8, 4) is 5.75 Å². The van der Waals surface area contributed by atoms with Crippen LogP contribution in [0.5, 0.6) is 5.75 Å². The van der Waals surface area contributed by atoms with Crippen LogP contribution in [0.25, 0.3) is 0 Å². The summed E-state index contributed by atoms with van der Waals surface area (Å²) in [5, 5.41) is 9.15. The number of methoxy groups -OCH3 is 1. The van der Waals surface area contributed by atoms with Gasteiger partial charge >= 0.3 is 0 Å². The summed E-state index contributed by atoms with van der Waals surface area (Å²) in [5.41, 5.74) is 0.887. The van der Waals surface area contributed by atoms with Crippen LogP contribution in [-0.4, -0.2) is 38.1 Å². The van der Waals surface area contributed by atoms with Gasteiger partial charge in [0.2, 0.25) is 11.8 Å². The average molecular weight is 319 g/mol. The molecule has 0 bridgehead atoms. The molecule has 0 saturated carbocycles. The molecule has 0 aromatic heterocycles. The zero-order chi connectivity index (χ0) is 16.7. The summed E-state index contributed by atoms with van der Waals surface area (Å²) in [4.78, 5) is 23.7. The fourth-order valence-electron chi connectivity index (χ4n) is 2.78. The first-order valence-corrected chi connectivity index (χ1v) is 7.99. The Labute approximate surface area is 137 Å². The van der Waals surface area contributed by atoms with Crippen LogP contribution in [0, 0.1) is 0 Å². The first-order valence-electron chi connectivity index (χ1n) is 7.99. The number of carbonyl (C=O) groups excluding carboxylic acids is 2. The Balaban J connectivity index is 1.99. The van der Waals surface area contributed by atoms with Crippen LogP contribution < -0.4 is 20.7 Å². The van der Waals surface area contributed by atoms with E-state index in [-0.39, 0.29) is 30.3 Å². The van der Waals surface area contributed by atoms with Crippen molar-refractivity contribution in [1.82, 2.24) is 16.0 Å².